The Hall–Kier alpha value is -3.24. The molecule has 0 aliphatic carbocycles. The van der Waals surface area contributed by atoms with Crippen LogP contribution in [0.1, 0.15) is 51.7 Å². The molecule has 0 aromatic heterocycles. The van der Waals surface area contributed by atoms with Crippen LogP contribution in [-0.4, -0.2) is 0 Å². The maximum atomic E-state index is 5.53. The Bertz CT molecular complexity index is 923. The molecular formula is C29H35N. The average Bonchev–Trinajstić information content (AvgIpc) is 2.75. The summed E-state index contributed by atoms with van der Waals surface area (Å²) in [4.78, 5) is 0. The second-order valence-corrected chi connectivity index (χ2v) is 7.16. The van der Waals surface area contributed by atoms with E-state index in [-0.39, 0.29) is 0 Å². The van der Waals surface area contributed by atoms with Crippen LogP contribution in [-0.2, 0) is 6.42 Å². The molecule has 0 spiro atoms. The number of hydrogen-bond donors (Lipinski definition) is 1. The van der Waals surface area contributed by atoms with Crippen molar-refractivity contribution >= 4 is 5.57 Å². The predicted molar refractivity (Wildman–Crippen MR) is 135 cm³/mol. The van der Waals surface area contributed by atoms with Gasteiger partial charge in [-0.15, -0.1) is 6.42 Å². The van der Waals surface area contributed by atoms with Crippen LogP contribution in [0.15, 0.2) is 102 Å². The van der Waals surface area contributed by atoms with Crippen LogP contribution < -0.4 is 5.32 Å². The minimum atomic E-state index is 0.778. The maximum absolute atomic E-state index is 5.53. The molecule has 0 radical (unpaired) electrons. The Labute approximate surface area is 184 Å². The highest BCUT2D eigenvalue weighted by Gasteiger charge is 2.04. The molecule has 156 valence electrons. The van der Waals surface area contributed by atoms with Gasteiger partial charge in [-0.2, -0.15) is 0 Å². The fourth-order valence-corrected chi connectivity index (χ4v) is 3.06. The van der Waals surface area contributed by atoms with Crippen LogP contribution in [0.4, 0.5) is 0 Å². The lowest BCUT2D eigenvalue weighted by molar-refractivity contribution is 0.822. The number of benzene rings is 1. The molecule has 0 aliphatic rings. The van der Waals surface area contributed by atoms with Gasteiger partial charge in [-0.05, 0) is 69.7 Å². The number of nitrogens with one attached hydrogen (secondary N) is 1. The Morgan fingerprint density at radius 3 is 2.60 bits per heavy atom. The SMILES string of the molecule is C#CC(/C=C\C)=C/C(=C)N/C(C)=C(\C)c1cccc(CCCC(/C=C\C=C)=C/C)c1. The van der Waals surface area contributed by atoms with E-state index < -0.39 is 0 Å². The normalized spacial score (nSPS) is 13.3. The molecule has 0 atom stereocenters. The molecule has 0 unspecified atom stereocenters. The molecule has 0 aliphatic heterocycles. The van der Waals surface area contributed by atoms with Gasteiger partial charge in [0.15, 0.2) is 0 Å². The topological polar surface area (TPSA) is 12.0 Å². The number of hydrogen-bond acceptors (Lipinski definition) is 1. The lowest BCUT2D eigenvalue weighted by Crippen LogP contribution is -2.10. The first-order valence-corrected chi connectivity index (χ1v) is 10.4. The van der Waals surface area contributed by atoms with Crippen molar-refractivity contribution in [2.24, 2.45) is 0 Å². The van der Waals surface area contributed by atoms with E-state index in [2.05, 4.69) is 81.6 Å². The quantitative estimate of drug-likeness (QED) is 0.298. The second kappa shape index (κ2) is 13.9. The molecule has 1 nitrogen and oxygen atoms in total. The molecule has 30 heavy (non-hydrogen) atoms. The van der Waals surface area contributed by atoms with Crippen LogP contribution in [0.5, 0.6) is 0 Å². The van der Waals surface area contributed by atoms with E-state index >= 15 is 0 Å². The van der Waals surface area contributed by atoms with Crippen molar-refractivity contribution in [1.29, 1.82) is 0 Å². The highest BCUT2D eigenvalue weighted by Crippen LogP contribution is 2.20. The second-order valence-electron chi connectivity index (χ2n) is 7.16. The summed E-state index contributed by atoms with van der Waals surface area (Å²) in [6.07, 6.45) is 22.6. The average molecular weight is 398 g/mol. The van der Waals surface area contributed by atoms with Gasteiger partial charge in [0.05, 0.1) is 0 Å². The van der Waals surface area contributed by atoms with E-state index in [4.69, 9.17) is 6.42 Å². The maximum Gasteiger partial charge on any atom is 0.0321 e. The third-order valence-corrected chi connectivity index (χ3v) is 4.86. The summed E-state index contributed by atoms with van der Waals surface area (Å²) in [7, 11) is 0. The van der Waals surface area contributed by atoms with E-state index in [1.807, 2.05) is 37.3 Å². The fraction of sp³-hybridized carbons (Fsp3) is 0.241. The molecule has 0 bridgehead atoms. The van der Waals surface area contributed by atoms with E-state index in [0.717, 1.165) is 36.2 Å². The van der Waals surface area contributed by atoms with Gasteiger partial charge in [0, 0.05) is 17.0 Å². The molecular weight excluding hydrogens is 362 g/mol. The van der Waals surface area contributed by atoms with Crippen LogP contribution in [0.3, 0.4) is 0 Å². The van der Waals surface area contributed by atoms with Crippen LogP contribution in [0.25, 0.3) is 5.57 Å². The van der Waals surface area contributed by atoms with Gasteiger partial charge in [-0.1, -0.05) is 85.4 Å². The Kier molecular flexibility index (Phi) is 11.5. The van der Waals surface area contributed by atoms with Gasteiger partial charge in [0.25, 0.3) is 0 Å². The monoisotopic (exact) mass is 397 g/mol. The van der Waals surface area contributed by atoms with Gasteiger partial charge >= 0.3 is 0 Å². The molecule has 1 aromatic rings. The van der Waals surface area contributed by atoms with Crippen LogP contribution in [0.2, 0.25) is 0 Å². The van der Waals surface area contributed by atoms with E-state index in [1.165, 1.54) is 22.3 Å². The molecule has 1 heteroatoms. The Morgan fingerprint density at radius 1 is 1.20 bits per heavy atom. The first-order chi connectivity index (χ1) is 14.4. The van der Waals surface area contributed by atoms with Crippen molar-refractivity contribution in [2.75, 3.05) is 0 Å². The zero-order valence-corrected chi connectivity index (χ0v) is 19.0. The third-order valence-electron chi connectivity index (χ3n) is 4.86. The van der Waals surface area contributed by atoms with Crippen molar-refractivity contribution in [3.05, 3.63) is 114 Å². The molecule has 0 heterocycles. The molecule has 1 rings (SSSR count). The molecule has 0 fully saturated rings. The first kappa shape index (κ1) is 24.8. The molecule has 0 saturated carbocycles. The lowest BCUT2D eigenvalue weighted by atomic mass is 9.99. The molecule has 1 N–H and O–H groups in total. The smallest absolute Gasteiger partial charge is 0.0321 e. The van der Waals surface area contributed by atoms with Crippen molar-refractivity contribution in [3.63, 3.8) is 0 Å². The fourth-order valence-electron chi connectivity index (χ4n) is 3.06. The predicted octanol–water partition coefficient (Wildman–Crippen LogP) is 7.69. The number of aryl methyl sites for hydroxylation is 1. The van der Waals surface area contributed by atoms with Gasteiger partial charge in [-0.3, -0.25) is 0 Å². The van der Waals surface area contributed by atoms with Gasteiger partial charge in [0.2, 0.25) is 0 Å². The molecule has 0 saturated heterocycles. The highest BCUT2D eigenvalue weighted by atomic mass is 14.9. The van der Waals surface area contributed by atoms with E-state index in [0.29, 0.717) is 0 Å². The summed E-state index contributed by atoms with van der Waals surface area (Å²) < 4.78 is 0. The molecule has 0 amide bonds. The van der Waals surface area contributed by atoms with Crippen LogP contribution >= 0.6 is 0 Å². The van der Waals surface area contributed by atoms with Crippen LogP contribution in [0, 0.1) is 12.3 Å². The summed E-state index contributed by atoms with van der Waals surface area (Å²) in [5, 5.41) is 3.36. The van der Waals surface area contributed by atoms with Crippen molar-refractivity contribution < 1.29 is 0 Å². The zero-order chi connectivity index (χ0) is 22.4. The van der Waals surface area contributed by atoms with E-state index in [1.54, 1.807) is 0 Å². The largest absolute Gasteiger partial charge is 0.359 e. The minimum Gasteiger partial charge on any atom is -0.359 e. The van der Waals surface area contributed by atoms with Gasteiger partial charge < -0.3 is 5.32 Å². The summed E-state index contributed by atoms with van der Waals surface area (Å²) in [5.74, 6) is 2.66. The first-order valence-electron chi connectivity index (χ1n) is 10.4. The van der Waals surface area contributed by atoms with E-state index in [9.17, 15) is 0 Å². The van der Waals surface area contributed by atoms with Crippen molar-refractivity contribution in [1.82, 2.24) is 5.32 Å². The Morgan fingerprint density at radius 2 is 1.97 bits per heavy atom. The lowest BCUT2D eigenvalue weighted by Gasteiger charge is -2.13. The summed E-state index contributed by atoms with van der Waals surface area (Å²) in [6, 6.07) is 8.76. The summed E-state index contributed by atoms with van der Waals surface area (Å²) in [5.41, 5.74) is 7.75. The zero-order valence-electron chi connectivity index (χ0n) is 19.0. The standard InChI is InChI=1S/C29H35N/c1-8-12-16-26(10-3)17-13-18-28-19-14-20-29(22-28)24(6)25(7)30-23(5)21-27(11-4)15-9-2/h4,8-10,12,14-16,19-22,30H,1,5,13,17-18H2,2-3,6-7H3/b15-9-,16-12-,25-24+,26-10+,27-21-. The highest BCUT2D eigenvalue weighted by molar-refractivity contribution is 5.67. The van der Waals surface area contributed by atoms with Crippen molar-refractivity contribution in [2.45, 2.75) is 47.0 Å². The Balaban J connectivity index is 2.84. The van der Waals surface area contributed by atoms with Gasteiger partial charge in [0.1, 0.15) is 0 Å². The molecule has 1 aromatic carbocycles. The summed E-state index contributed by atoms with van der Waals surface area (Å²) >= 11 is 0. The van der Waals surface area contributed by atoms with Gasteiger partial charge in [-0.25, -0.2) is 0 Å². The third kappa shape index (κ3) is 8.84. The summed E-state index contributed by atoms with van der Waals surface area (Å²) in [6.45, 7) is 16.0. The van der Waals surface area contributed by atoms with Crippen molar-refractivity contribution in [3.8, 4) is 12.3 Å². The number of rotatable bonds is 11. The number of allylic oxidation sites excluding steroid dienone is 11. The number of terminal acetylenes is 1. The minimum absolute atomic E-state index is 0.778.